The average molecular weight is 412 g/mol. The summed E-state index contributed by atoms with van der Waals surface area (Å²) in [7, 11) is 0. The molecule has 0 bridgehead atoms. The molecule has 0 saturated carbocycles. The maximum Gasteiger partial charge on any atom is 0.247 e. The first kappa shape index (κ1) is 20.5. The van der Waals surface area contributed by atoms with E-state index in [0.29, 0.717) is 44.3 Å². The number of piperidine rings is 1. The molecular weight excluding hydrogens is 382 g/mol. The molecule has 0 unspecified atom stereocenters. The van der Waals surface area contributed by atoms with Crippen molar-refractivity contribution in [1.82, 2.24) is 24.9 Å². The molecule has 8 nitrogen and oxygen atoms in total. The Morgan fingerprint density at radius 3 is 2.27 bits per heavy atom. The molecule has 1 aromatic heterocycles. The largest absolute Gasteiger partial charge is 0.421 e. The Morgan fingerprint density at radius 1 is 0.833 bits per heavy atom. The molecule has 2 aliphatic rings. The first-order chi connectivity index (χ1) is 14.7. The molecule has 0 spiro atoms. The van der Waals surface area contributed by atoms with Gasteiger partial charge in [0.1, 0.15) is 0 Å². The number of hydrogen-bond donors (Lipinski definition) is 0. The summed E-state index contributed by atoms with van der Waals surface area (Å²) in [5, 5.41) is 8.13. The van der Waals surface area contributed by atoms with E-state index in [1.165, 1.54) is 6.42 Å². The Morgan fingerprint density at radius 2 is 1.53 bits per heavy atom. The molecule has 4 rings (SSSR count). The van der Waals surface area contributed by atoms with Gasteiger partial charge in [-0.05, 0) is 31.4 Å². The van der Waals surface area contributed by atoms with Crippen LogP contribution >= 0.6 is 0 Å². The van der Waals surface area contributed by atoms with E-state index < -0.39 is 0 Å². The lowest BCUT2D eigenvalue weighted by molar-refractivity contribution is -0.135. The predicted octanol–water partition coefficient (Wildman–Crippen LogP) is 1.83. The van der Waals surface area contributed by atoms with Crippen molar-refractivity contribution in [2.75, 3.05) is 45.8 Å². The van der Waals surface area contributed by atoms with Crippen LogP contribution in [0.15, 0.2) is 34.7 Å². The van der Waals surface area contributed by atoms with Crippen LogP contribution in [0.2, 0.25) is 0 Å². The lowest BCUT2D eigenvalue weighted by Gasteiger charge is -2.36. The Kier molecular flexibility index (Phi) is 6.74. The SMILES string of the molecule is O=C(CCc1nnc(-c2ccccc2)o1)N1CCN(CC(=O)N2CCCCC2)CC1. The number of piperazine rings is 1. The zero-order chi connectivity index (χ0) is 20.8. The summed E-state index contributed by atoms with van der Waals surface area (Å²) < 4.78 is 5.68. The summed E-state index contributed by atoms with van der Waals surface area (Å²) >= 11 is 0. The Bertz CT molecular complexity index is 839. The number of aromatic nitrogens is 2. The molecule has 2 amide bonds. The number of likely N-dealkylation sites (tertiary alicyclic amines) is 1. The third kappa shape index (κ3) is 5.24. The number of carbonyl (C=O) groups excluding carboxylic acids is 2. The summed E-state index contributed by atoms with van der Waals surface area (Å²) in [6.07, 6.45) is 4.24. The van der Waals surface area contributed by atoms with E-state index in [-0.39, 0.29) is 11.8 Å². The maximum absolute atomic E-state index is 12.6. The number of hydrogen-bond acceptors (Lipinski definition) is 6. The smallest absolute Gasteiger partial charge is 0.247 e. The lowest BCUT2D eigenvalue weighted by atomic mass is 10.1. The molecule has 2 saturated heterocycles. The van der Waals surface area contributed by atoms with E-state index in [4.69, 9.17) is 4.42 Å². The van der Waals surface area contributed by atoms with Gasteiger partial charge in [0, 0.05) is 57.7 Å². The van der Waals surface area contributed by atoms with Gasteiger partial charge in [-0.3, -0.25) is 14.5 Å². The number of nitrogens with zero attached hydrogens (tertiary/aromatic N) is 5. The van der Waals surface area contributed by atoms with Gasteiger partial charge in [0.2, 0.25) is 23.6 Å². The van der Waals surface area contributed by atoms with Gasteiger partial charge in [0.25, 0.3) is 0 Å². The Hall–Kier alpha value is -2.74. The van der Waals surface area contributed by atoms with E-state index in [0.717, 1.165) is 44.6 Å². The van der Waals surface area contributed by atoms with Crippen molar-refractivity contribution in [2.24, 2.45) is 0 Å². The van der Waals surface area contributed by atoms with Gasteiger partial charge in [-0.25, -0.2) is 0 Å². The zero-order valence-electron chi connectivity index (χ0n) is 17.3. The molecule has 0 N–H and O–H groups in total. The molecule has 0 aliphatic carbocycles. The normalized spacial score (nSPS) is 17.9. The molecule has 2 aliphatic heterocycles. The number of aryl methyl sites for hydroxylation is 1. The molecule has 160 valence electrons. The highest BCUT2D eigenvalue weighted by atomic mass is 16.4. The van der Waals surface area contributed by atoms with Crippen molar-refractivity contribution in [3.05, 3.63) is 36.2 Å². The van der Waals surface area contributed by atoms with Gasteiger partial charge >= 0.3 is 0 Å². The molecule has 3 heterocycles. The predicted molar refractivity (Wildman–Crippen MR) is 112 cm³/mol. The molecular formula is C22H29N5O3. The van der Waals surface area contributed by atoms with Crippen LogP contribution in [0.4, 0.5) is 0 Å². The Balaban J connectivity index is 1.19. The highest BCUT2D eigenvalue weighted by molar-refractivity contribution is 5.78. The van der Waals surface area contributed by atoms with E-state index in [2.05, 4.69) is 15.1 Å². The summed E-state index contributed by atoms with van der Waals surface area (Å²) in [6, 6.07) is 9.60. The molecule has 0 radical (unpaired) electrons. The fraction of sp³-hybridized carbons (Fsp3) is 0.545. The van der Waals surface area contributed by atoms with Crippen LogP contribution in [-0.4, -0.2) is 82.5 Å². The van der Waals surface area contributed by atoms with E-state index in [9.17, 15) is 9.59 Å². The minimum atomic E-state index is 0.0940. The topological polar surface area (TPSA) is 82.8 Å². The first-order valence-electron chi connectivity index (χ1n) is 10.8. The van der Waals surface area contributed by atoms with Crippen molar-refractivity contribution in [3.63, 3.8) is 0 Å². The van der Waals surface area contributed by atoms with E-state index >= 15 is 0 Å². The zero-order valence-corrected chi connectivity index (χ0v) is 17.3. The van der Waals surface area contributed by atoms with Crippen LogP contribution < -0.4 is 0 Å². The van der Waals surface area contributed by atoms with Crippen LogP contribution in [-0.2, 0) is 16.0 Å². The third-order valence-electron chi connectivity index (χ3n) is 5.83. The van der Waals surface area contributed by atoms with Crippen LogP contribution in [0.5, 0.6) is 0 Å². The monoisotopic (exact) mass is 411 g/mol. The van der Waals surface area contributed by atoms with E-state index in [1.807, 2.05) is 40.1 Å². The van der Waals surface area contributed by atoms with Crippen LogP contribution in [0.1, 0.15) is 31.6 Å². The van der Waals surface area contributed by atoms with Crippen molar-refractivity contribution in [3.8, 4) is 11.5 Å². The van der Waals surface area contributed by atoms with E-state index in [1.54, 1.807) is 0 Å². The third-order valence-corrected chi connectivity index (χ3v) is 5.83. The van der Waals surface area contributed by atoms with Gasteiger partial charge in [-0.1, -0.05) is 18.2 Å². The minimum Gasteiger partial charge on any atom is -0.421 e. The summed E-state index contributed by atoms with van der Waals surface area (Å²) in [6.45, 7) is 5.04. The summed E-state index contributed by atoms with van der Waals surface area (Å²) in [5.41, 5.74) is 0.873. The highest BCUT2D eigenvalue weighted by Crippen LogP contribution is 2.18. The highest BCUT2D eigenvalue weighted by Gasteiger charge is 2.25. The molecule has 1 aromatic carbocycles. The van der Waals surface area contributed by atoms with Crippen molar-refractivity contribution in [2.45, 2.75) is 32.1 Å². The van der Waals surface area contributed by atoms with Crippen molar-refractivity contribution in [1.29, 1.82) is 0 Å². The molecule has 0 atom stereocenters. The van der Waals surface area contributed by atoms with Crippen LogP contribution in [0.25, 0.3) is 11.5 Å². The number of carbonyl (C=O) groups is 2. The maximum atomic E-state index is 12.6. The van der Waals surface area contributed by atoms with Crippen LogP contribution in [0.3, 0.4) is 0 Å². The second kappa shape index (κ2) is 9.84. The fourth-order valence-corrected chi connectivity index (χ4v) is 4.01. The second-order valence-corrected chi connectivity index (χ2v) is 7.97. The van der Waals surface area contributed by atoms with Gasteiger partial charge in [0.15, 0.2) is 0 Å². The number of rotatable bonds is 6. The number of amides is 2. The van der Waals surface area contributed by atoms with Crippen LogP contribution in [0, 0.1) is 0 Å². The average Bonchev–Trinajstić information content (AvgIpc) is 3.28. The van der Waals surface area contributed by atoms with Crippen molar-refractivity contribution < 1.29 is 14.0 Å². The van der Waals surface area contributed by atoms with Gasteiger partial charge < -0.3 is 14.2 Å². The molecule has 2 fully saturated rings. The summed E-state index contributed by atoms with van der Waals surface area (Å²) in [5.74, 6) is 1.27. The number of benzene rings is 1. The van der Waals surface area contributed by atoms with Gasteiger partial charge in [-0.2, -0.15) is 0 Å². The molecule has 30 heavy (non-hydrogen) atoms. The first-order valence-corrected chi connectivity index (χ1v) is 10.8. The minimum absolute atomic E-state index is 0.0940. The Labute approximate surface area is 176 Å². The standard InChI is InChI=1S/C22H29N5O3/c28-20(10-9-19-23-24-22(30-19)18-7-3-1-4-8-18)27-15-13-25(14-16-27)17-21(29)26-11-5-2-6-12-26/h1,3-4,7-8H,2,5-6,9-17H2. The molecule has 8 heteroatoms. The fourth-order valence-electron chi connectivity index (χ4n) is 4.01. The van der Waals surface area contributed by atoms with Crippen molar-refractivity contribution >= 4 is 11.8 Å². The van der Waals surface area contributed by atoms with Gasteiger partial charge in [0.05, 0.1) is 6.54 Å². The second-order valence-electron chi connectivity index (χ2n) is 7.97. The summed E-state index contributed by atoms with van der Waals surface area (Å²) in [4.78, 5) is 31.0. The van der Waals surface area contributed by atoms with Gasteiger partial charge in [-0.15, -0.1) is 10.2 Å². The quantitative estimate of drug-likeness (QED) is 0.721. The lowest BCUT2D eigenvalue weighted by Crippen LogP contribution is -2.52. The molecule has 2 aromatic rings.